The van der Waals surface area contributed by atoms with Gasteiger partial charge in [0.2, 0.25) is 0 Å². The molecule has 0 spiro atoms. The van der Waals surface area contributed by atoms with Gasteiger partial charge in [-0.1, -0.05) is 13.3 Å². The molecule has 0 N–H and O–H groups in total. The summed E-state index contributed by atoms with van der Waals surface area (Å²) in [6.45, 7) is 2.16. The molecule has 49 valence electrons. The molecule has 9 heavy (non-hydrogen) atoms. The fourth-order valence-electron chi connectivity index (χ4n) is 0.678. The molecule has 1 rings (SSSR count). The van der Waals surface area contributed by atoms with Crippen molar-refractivity contribution in [1.29, 1.82) is 0 Å². The molecule has 0 aliphatic carbocycles. The van der Waals surface area contributed by atoms with Crippen LogP contribution in [0.4, 0.5) is 0 Å². The molecule has 1 heterocycles. The SMILES string of the molecule is CCCCc1co[c]n1. The van der Waals surface area contributed by atoms with E-state index in [1.165, 1.54) is 12.8 Å². The summed E-state index contributed by atoms with van der Waals surface area (Å²) in [5.41, 5.74) is 1.01. The van der Waals surface area contributed by atoms with Crippen LogP contribution in [0.1, 0.15) is 25.5 Å². The number of hydrogen-bond acceptors (Lipinski definition) is 2. The van der Waals surface area contributed by atoms with E-state index in [9.17, 15) is 0 Å². The molecule has 0 amide bonds. The van der Waals surface area contributed by atoms with E-state index < -0.39 is 0 Å². The van der Waals surface area contributed by atoms with Crippen molar-refractivity contribution in [2.45, 2.75) is 26.2 Å². The highest BCUT2D eigenvalue weighted by molar-refractivity contribution is 4.89. The maximum atomic E-state index is 4.68. The van der Waals surface area contributed by atoms with E-state index in [1.54, 1.807) is 6.26 Å². The molecule has 0 aromatic carbocycles. The van der Waals surface area contributed by atoms with Crippen LogP contribution in [0.25, 0.3) is 0 Å². The molecule has 0 fully saturated rings. The number of oxazole rings is 1. The van der Waals surface area contributed by atoms with Gasteiger partial charge in [0.1, 0.15) is 6.26 Å². The monoisotopic (exact) mass is 124 g/mol. The summed E-state index contributed by atoms with van der Waals surface area (Å²) in [7, 11) is 0. The van der Waals surface area contributed by atoms with Gasteiger partial charge in [0, 0.05) is 0 Å². The van der Waals surface area contributed by atoms with E-state index in [4.69, 9.17) is 0 Å². The maximum Gasteiger partial charge on any atom is 0.283 e. The Balaban J connectivity index is 2.30. The number of aryl methyl sites for hydroxylation is 1. The predicted molar refractivity (Wildman–Crippen MR) is 34.0 cm³/mol. The molecule has 0 aliphatic rings. The number of aromatic nitrogens is 1. The second kappa shape index (κ2) is 3.28. The van der Waals surface area contributed by atoms with Gasteiger partial charge in [-0.25, -0.2) is 4.98 Å². The van der Waals surface area contributed by atoms with Gasteiger partial charge in [0.15, 0.2) is 0 Å². The summed E-state index contributed by atoms with van der Waals surface area (Å²) in [5.74, 6) is 0. The Hall–Kier alpha value is -0.790. The molecule has 1 aromatic rings. The minimum Gasteiger partial charge on any atom is -0.441 e. The number of rotatable bonds is 3. The third-order valence-corrected chi connectivity index (χ3v) is 1.22. The molecular formula is C7H10NO. The molecule has 0 aliphatic heterocycles. The lowest BCUT2D eigenvalue weighted by atomic mass is 10.2. The highest BCUT2D eigenvalue weighted by atomic mass is 16.3. The van der Waals surface area contributed by atoms with Gasteiger partial charge in [-0.2, -0.15) is 0 Å². The zero-order chi connectivity index (χ0) is 6.53. The fourth-order valence-corrected chi connectivity index (χ4v) is 0.678. The first-order valence-electron chi connectivity index (χ1n) is 3.24. The minimum atomic E-state index is 1.01. The third kappa shape index (κ3) is 1.88. The van der Waals surface area contributed by atoms with Gasteiger partial charge < -0.3 is 4.42 Å². The molecule has 1 radical (unpaired) electrons. The number of hydrogen-bond donors (Lipinski definition) is 0. The quantitative estimate of drug-likeness (QED) is 0.614. The van der Waals surface area contributed by atoms with Crippen LogP contribution in [0, 0.1) is 6.39 Å². The highest BCUT2D eigenvalue weighted by Crippen LogP contribution is 1.99. The van der Waals surface area contributed by atoms with Crippen LogP contribution in [0.2, 0.25) is 0 Å². The Morgan fingerprint density at radius 2 is 2.67 bits per heavy atom. The van der Waals surface area contributed by atoms with Crippen LogP contribution in [0.15, 0.2) is 10.7 Å². The summed E-state index contributed by atoms with van der Waals surface area (Å²) in [5, 5.41) is 0. The average molecular weight is 124 g/mol. The lowest BCUT2D eigenvalue weighted by molar-refractivity contribution is 0.546. The molecule has 0 saturated carbocycles. The maximum absolute atomic E-state index is 4.68. The molecule has 0 unspecified atom stereocenters. The van der Waals surface area contributed by atoms with Crippen molar-refractivity contribution in [2.75, 3.05) is 0 Å². The van der Waals surface area contributed by atoms with Crippen LogP contribution in [-0.4, -0.2) is 4.98 Å². The lowest BCUT2D eigenvalue weighted by Crippen LogP contribution is -1.81. The van der Waals surface area contributed by atoms with Crippen molar-refractivity contribution in [3.63, 3.8) is 0 Å². The number of unbranched alkanes of at least 4 members (excludes halogenated alkanes) is 1. The van der Waals surface area contributed by atoms with Crippen LogP contribution in [-0.2, 0) is 6.42 Å². The Labute approximate surface area is 54.9 Å². The van der Waals surface area contributed by atoms with E-state index in [0.29, 0.717) is 0 Å². The summed E-state index contributed by atoms with van der Waals surface area (Å²) < 4.78 is 4.68. The molecule has 1 aromatic heterocycles. The van der Waals surface area contributed by atoms with Crippen LogP contribution in [0.5, 0.6) is 0 Å². The second-order valence-corrected chi connectivity index (χ2v) is 2.03. The van der Waals surface area contributed by atoms with Crippen molar-refractivity contribution < 1.29 is 4.42 Å². The van der Waals surface area contributed by atoms with Gasteiger partial charge >= 0.3 is 0 Å². The van der Waals surface area contributed by atoms with Gasteiger partial charge in [-0.3, -0.25) is 0 Å². The molecule has 0 bridgehead atoms. The summed E-state index contributed by atoms with van der Waals surface area (Å²) in [6, 6.07) is 0. The van der Waals surface area contributed by atoms with Crippen LogP contribution >= 0.6 is 0 Å². The summed E-state index contributed by atoms with van der Waals surface area (Å²) in [6.07, 6.45) is 7.46. The largest absolute Gasteiger partial charge is 0.441 e. The van der Waals surface area contributed by atoms with Gasteiger partial charge in [-0.15, -0.1) is 0 Å². The van der Waals surface area contributed by atoms with Crippen molar-refractivity contribution in [3.8, 4) is 0 Å². The smallest absolute Gasteiger partial charge is 0.283 e. The molecule has 0 atom stereocenters. The Bertz CT molecular complexity index is 146. The van der Waals surface area contributed by atoms with E-state index in [1.807, 2.05) is 0 Å². The van der Waals surface area contributed by atoms with E-state index in [2.05, 4.69) is 22.7 Å². The van der Waals surface area contributed by atoms with Crippen molar-refractivity contribution >= 4 is 0 Å². The van der Waals surface area contributed by atoms with E-state index in [0.717, 1.165) is 12.1 Å². The molecule has 2 nitrogen and oxygen atoms in total. The Morgan fingerprint density at radius 3 is 3.22 bits per heavy atom. The average Bonchev–Trinajstić information content (AvgIpc) is 2.34. The molecule has 0 saturated heterocycles. The van der Waals surface area contributed by atoms with E-state index in [-0.39, 0.29) is 0 Å². The molecular weight excluding hydrogens is 114 g/mol. The van der Waals surface area contributed by atoms with Gasteiger partial charge in [-0.05, 0) is 12.8 Å². The van der Waals surface area contributed by atoms with Crippen molar-refractivity contribution in [3.05, 3.63) is 18.4 Å². The first-order valence-corrected chi connectivity index (χ1v) is 3.24. The molecule has 2 heteroatoms. The lowest BCUT2D eigenvalue weighted by Gasteiger charge is -1.88. The highest BCUT2D eigenvalue weighted by Gasteiger charge is 1.92. The van der Waals surface area contributed by atoms with Gasteiger partial charge in [0.05, 0.1) is 5.69 Å². The third-order valence-electron chi connectivity index (χ3n) is 1.22. The topological polar surface area (TPSA) is 26.0 Å². The zero-order valence-corrected chi connectivity index (χ0v) is 5.55. The first-order chi connectivity index (χ1) is 4.43. The van der Waals surface area contributed by atoms with Crippen molar-refractivity contribution in [2.24, 2.45) is 0 Å². The fraction of sp³-hybridized carbons (Fsp3) is 0.571. The summed E-state index contributed by atoms with van der Waals surface area (Å²) in [4.78, 5) is 3.86. The Morgan fingerprint density at radius 1 is 1.78 bits per heavy atom. The Kier molecular flexibility index (Phi) is 2.31. The van der Waals surface area contributed by atoms with Gasteiger partial charge in [0.25, 0.3) is 6.39 Å². The first kappa shape index (κ1) is 6.33. The van der Waals surface area contributed by atoms with Crippen molar-refractivity contribution in [1.82, 2.24) is 4.98 Å². The van der Waals surface area contributed by atoms with E-state index >= 15 is 0 Å². The second-order valence-electron chi connectivity index (χ2n) is 2.03. The van der Waals surface area contributed by atoms with Crippen LogP contribution < -0.4 is 0 Å². The summed E-state index contributed by atoms with van der Waals surface area (Å²) >= 11 is 0. The minimum absolute atomic E-state index is 1.01. The van der Waals surface area contributed by atoms with Crippen LogP contribution in [0.3, 0.4) is 0 Å². The number of nitrogens with zero attached hydrogens (tertiary/aromatic N) is 1. The standard InChI is InChI=1S/C7H10NO/c1-2-3-4-7-5-9-6-8-7/h5H,2-4H2,1H3. The normalized spacial score (nSPS) is 9.89. The predicted octanol–water partition coefficient (Wildman–Crippen LogP) is 1.82. The zero-order valence-electron chi connectivity index (χ0n) is 5.55.